The molecule has 8 nitrogen and oxygen atoms in total. The summed E-state index contributed by atoms with van der Waals surface area (Å²) >= 11 is 0. The van der Waals surface area contributed by atoms with Crippen LogP contribution in [0.4, 0.5) is 0 Å². The van der Waals surface area contributed by atoms with E-state index in [2.05, 4.69) is 15.3 Å². The monoisotopic (exact) mass is 365 g/mol. The molecule has 0 atom stereocenters. The fourth-order valence-electron chi connectivity index (χ4n) is 3.60. The molecule has 8 heteroatoms. The minimum atomic E-state index is -1.04. The van der Waals surface area contributed by atoms with Crippen molar-refractivity contribution in [2.45, 2.75) is 19.4 Å². The molecule has 0 radical (unpaired) electrons. The van der Waals surface area contributed by atoms with Gasteiger partial charge in [-0.25, -0.2) is 0 Å². The van der Waals surface area contributed by atoms with Crippen molar-refractivity contribution in [3.8, 4) is 0 Å². The number of likely N-dealkylation sites (tertiary alicyclic amines) is 1. The lowest BCUT2D eigenvalue weighted by molar-refractivity contribution is -0.132. The first-order valence-corrected chi connectivity index (χ1v) is 8.67. The normalized spacial score (nSPS) is 17.6. The van der Waals surface area contributed by atoms with Gasteiger partial charge in [0.15, 0.2) is 5.54 Å². The topological polar surface area (TPSA) is 95.5 Å². The van der Waals surface area contributed by atoms with Crippen molar-refractivity contribution in [1.82, 2.24) is 25.1 Å². The van der Waals surface area contributed by atoms with Gasteiger partial charge >= 0.3 is 0 Å². The second-order valence-electron chi connectivity index (χ2n) is 6.93. The number of hydrogen-bond donors (Lipinski definition) is 1. The molecule has 2 saturated heterocycles. The van der Waals surface area contributed by atoms with E-state index < -0.39 is 5.54 Å². The van der Waals surface area contributed by atoms with Gasteiger partial charge < -0.3 is 15.1 Å². The van der Waals surface area contributed by atoms with Crippen molar-refractivity contribution in [2.75, 3.05) is 19.8 Å². The standard InChI is InChI=1S/C19H19N5O3/c1-12-5-3-7-20-14(12)16(25)23-9-19(10-23)18(27)22-11-24(19)17(26)15-13(2)6-4-8-21-15/h3-8H,9-11H2,1-2H3,(H,22,27). The van der Waals surface area contributed by atoms with Crippen molar-refractivity contribution in [3.63, 3.8) is 0 Å². The van der Waals surface area contributed by atoms with Gasteiger partial charge in [-0.2, -0.15) is 0 Å². The number of hydrogen-bond acceptors (Lipinski definition) is 5. The van der Waals surface area contributed by atoms with Gasteiger partial charge in [0.05, 0.1) is 19.8 Å². The third kappa shape index (κ3) is 2.56. The summed E-state index contributed by atoms with van der Waals surface area (Å²) in [6.07, 6.45) is 3.12. The molecule has 138 valence electrons. The van der Waals surface area contributed by atoms with Gasteiger partial charge in [-0.1, -0.05) is 12.1 Å². The minimum Gasteiger partial charge on any atom is -0.336 e. The molecule has 0 aromatic carbocycles. The predicted molar refractivity (Wildman–Crippen MR) is 95.8 cm³/mol. The lowest BCUT2D eigenvalue weighted by atomic mass is 9.87. The molecule has 4 rings (SSSR count). The molecule has 1 N–H and O–H groups in total. The molecule has 0 bridgehead atoms. The first-order chi connectivity index (χ1) is 12.9. The lowest BCUT2D eigenvalue weighted by Gasteiger charge is -2.49. The summed E-state index contributed by atoms with van der Waals surface area (Å²) in [6, 6.07) is 7.15. The van der Waals surface area contributed by atoms with E-state index in [1.54, 1.807) is 42.4 Å². The molecule has 3 amide bonds. The number of aromatic nitrogens is 2. The lowest BCUT2D eigenvalue weighted by Crippen LogP contribution is -2.73. The maximum absolute atomic E-state index is 13.0. The van der Waals surface area contributed by atoms with E-state index in [0.717, 1.165) is 11.1 Å². The van der Waals surface area contributed by atoms with Gasteiger partial charge in [-0.05, 0) is 37.1 Å². The summed E-state index contributed by atoms with van der Waals surface area (Å²) in [5.74, 6) is -0.793. The Hall–Kier alpha value is -3.29. The van der Waals surface area contributed by atoms with Crippen LogP contribution < -0.4 is 5.32 Å². The predicted octanol–water partition coefficient (Wildman–Crippen LogP) is 0.518. The van der Waals surface area contributed by atoms with E-state index in [4.69, 9.17) is 0 Å². The van der Waals surface area contributed by atoms with E-state index in [0.29, 0.717) is 11.4 Å². The SMILES string of the molecule is Cc1cccnc1C(=O)N1CC2(C1)C(=O)NCN2C(=O)c1ncccc1C. The number of pyridine rings is 2. The Morgan fingerprint density at radius 1 is 1.00 bits per heavy atom. The second-order valence-corrected chi connectivity index (χ2v) is 6.93. The van der Waals surface area contributed by atoms with Gasteiger partial charge in [0.1, 0.15) is 11.4 Å². The van der Waals surface area contributed by atoms with E-state index in [1.165, 1.54) is 4.90 Å². The van der Waals surface area contributed by atoms with Crippen LogP contribution in [0, 0.1) is 13.8 Å². The highest BCUT2D eigenvalue weighted by molar-refractivity contribution is 6.04. The minimum absolute atomic E-state index is 0.109. The van der Waals surface area contributed by atoms with Gasteiger partial charge in [0.25, 0.3) is 17.7 Å². The Morgan fingerprint density at radius 2 is 1.56 bits per heavy atom. The Labute approximate surface area is 156 Å². The number of aryl methyl sites for hydroxylation is 2. The number of nitrogens with zero attached hydrogens (tertiary/aromatic N) is 4. The molecule has 2 aromatic heterocycles. The fourth-order valence-corrected chi connectivity index (χ4v) is 3.60. The third-order valence-corrected chi connectivity index (χ3v) is 5.20. The highest BCUT2D eigenvalue weighted by atomic mass is 16.2. The van der Waals surface area contributed by atoms with Gasteiger partial charge in [-0.15, -0.1) is 0 Å². The number of carbonyl (C=O) groups excluding carboxylic acids is 3. The van der Waals surface area contributed by atoms with E-state index in [-0.39, 0.29) is 37.5 Å². The number of amides is 3. The Balaban J connectivity index is 1.57. The molecule has 4 heterocycles. The summed E-state index contributed by atoms with van der Waals surface area (Å²) in [5, 5.41) is 2.73. The zero-order valence-electron chi connectivity index (χ0n) is 15.1. The van der Waals surface area contributed by atoms with E-state index >= 15 is 0 Å². The number of nitrogens with one attached hydrogen (secondary N) is 1. The van der Waals surface area contributed by atoms with Crippen molar-refractivity contribution in [2.24, 2.45) is 0 Å². The Kier molecular flexibility index (Phi) is 3.91. The van der Waals surface area contributed by atoms with Crippen LogP contribution in [0.3, 0.4) is 0 Å². The highest BCUT2D eigenvalue weighted by Gasteiger charge is 2.60. The summed E-state index contributed by atoms with van der Waals surface area (Å²) < 4.78 is 0. The first kappa shape index (κ1) is 17.1. The molecule has 1 spiro atoms. The largest absolute Gasteiger partial charge is 0.336 e. The molecule has 27 heavy (non-hydrogen) atoms. The van der Waals surface area contributed by atoms with Crippen LogP contribution >= 0.6 is 0 Å². The van der Waals surface area contributed by atoms with Gasteiger partial charge in [0, 0.05) is 12.4 Å². The molecule has 2 fully saturated rings. The number of carbonyl (C=O) groups is 3. The maximum Gasteiger partial charge on any atom is 0.275 e. The third-order valence-electron chi connectivity index (χ3n) is 5.20. The fraction of sp³-hybridized carbons (Fsp3) is 0.316. The van der Waals surface area contributed by atoms with Crippen LogP contribution in [0.5, 0.6) is 0 Å². The molecule has 2 aromatic rings. The van der Waals surface area contributed by atoms with Crippen molar-refractivity contribution in [3.05, 3.63) is 59.2 Å². The summed E-state index contributed by atoms with van der Waals surface area (Å²) in [6.45, 7) is 4.02. The van der Waals surface area contributed by atoms with E-state index in [9.17, 15) is 14.4 Å². The van der Waals surface area contributed by atoms with Crippen LogP contribution in [0.2, 0.25) is 0 Å². The molecule has 0 saturated carbocycles. The summed E-state index contributed by atoms with van der Waals surface area (Å²) in [4.78, 5) is 49.5. The number of rotatable bonds is 2. The molecular weight excluding hydrogens is 346 g/mol. The van der Waals surface area contributed by atoms with Crippen LogP contribution in [-0.4, -0.2) is 62.8 Å². The van der Waals surface area contributed by atoms with Crippen molar-refractivity contribution < 1.29 is 14.4 Å². The van der Waals surface area contributed by atoms with Gasteiger partial charge in [-0.3, -0.25) is 24.4 Å². The van der Waals surface area contributed by atoms with Crippen molar-refractivity contribution in [1.29, 1.82) is 0 Å². The Bertz CT molecular complexity index is 952. The zero-order valence-corrected chi connectivity index (χ0v) is 15.1. The van der Waals surface area contributed by atoms with Crippen LogP contribution in [0.15, 0.2) is 36.7 Å². The molecule has 0 aliphatic carbocycles. The quantitative estimate of drug-likeness (QED) is 0.837. The van der Waals surface area contributed by atoms with E-state index in [1.807, 2.05) is 13.0 Å². The summed E-state index contributed by atoms with van der Waals surface area (Å²) in [7, 11) is 0. The molecule has 2 aliphatic heterocycles. The first-order valence-electron chi connectivity index (χ1n) is 8.67. The molecular formula is C19H19N5O3. The van der Waals surface area contributed by atoms with Crippen LogP contribution in [-0.2, 0) is 4.79 Å². The van der Waals surface area contributed by atoms with Gasteiger partial charge in [0.2, 0.25) is 0 Å². The molecule has 0 unspecified atom stereocenters. The zero-order chi connectivity index (χ0) is 19.2. The molecule has 2 aliphatic rings. The van der Waals surface area contributed by atoms with Crippen LogP contribution in [0.1, 0.15) is 32.1 Å². The Morgan fingerprint density at radius 3 is 2.11 bits per heavy atom. The highest BCUT2D eigenvalue weighted by Crippen LogP contribution is 2.33. The summed E-state index contributed by atoms with van der Waals surface area (Å²) in [5.41, 5.74) is 1.16. The van der Waals surface area contributed by atoms with Crippen molar-refractivity contribution >= 4 is 17.7 Å². The van der Waals surface area contributed by atoms with Crippen LogP contribution in [0.25, 0.3) is 0 Å². The average molecular weight is 365 g/mol. The maximum atomic E-state index is 13.0. The average Bonchev–Trinajstić information content (AvgIpc) is 2.97. The second kappa shape index (κ2) is 6.15. The smallest absolute Gasteiger partial charge is 0.275 e.